The van der Waals surface area contributed by atoms with Gasteiger partial charge in [0.1, 0.15) is 6.54 Å². The Hall–Kier alpha value is -0.900. The van der Waals surface area contributed by atoms with E-state index < -0.39 is 0 Å². The van der Waals surface area contributed by atoms with Gasteiger partial charge in [0, 0.05) is 37.5 Å². The monoisotopic (exact) mass is 505 g/mol. The first kappa shape index (κ1) is 22.4. The van der Waals surface area contributed by atoms with Gasteiger partial charge in [0.15, 0.2) is 5.96 Å². The zero-order chi connectivity index (χ0) is 18.2. The number of amides is 1. The number of nitrogens with one attached hydrogen (secondary N) is 2. The molecule has 2 aliphatic rings. The van der Waals surface area contributed by atoms with Crippen LogP contribution in [0.2, 0.25) is 0 Å². The summed E-state index contributed by atoms with van der Waals surface area (Å²) in [5.41, 5.74) is 1.35. The number of aliphatic imine (C=N–C) groups is 1. The van der Waals surface area contributed by atoms with Gasteiger partial charge in [0.2, 0.25) is 5.91 Å². The summed E-state index contributed by atoms with van der Waals surface area (Å²) in [6, 6.07) is 0. The fourth-order valence-electron chi connectivity index (χ4n) is 3.51. The van der Waals surface area contributed by atoms with E-state index in [0.717, 1.165) is 64.2 Å². The molecule has 1 saturated heterocycles. The van der Waals surface area contributed by atoms with Crippen LogP contribution in [0, 0.1) is 0 Å². The zero-order valence-corrected chi connectivity index (χ0v) is 19.4. The van der Waals surface area contributed by atoms with Crippen molar-refractivity contribution in [3.05, 3.63) is 15.6 Å². The van der Waals surface area contributed by atoms with Crippen LogP contribution in [0.1, 0.15) is 54.6 Å². The highest BCUT2D eigenvalue weighted by Crippen LogP contribution is 2.27. The highest BCUT2D eigenvalue weighted by Gasteiger charge is 2.17. The lowest BCUT2D eigenvalue weighted by atomic mass is 10.0. The maximum atomic E-state index is 12.1. The average Bonchev–Trinajstić information content (AvgIpc) is 3.32. The normalized spacial score (nSPS) is 16.6. The third-order valence-corrected chi connectivity index (χ3v) is 6.14. The number of nitrogens with zero attached hydrogens (tertiary/aromatic N) is 3. The van der Waals surface area contributed by atoms with Crippen LogP contribution < -0.4 is 10.6 Å². The van der Waals surface area contributed by atoms with Gasteiger partial charge in [-0.25, -0.2) is 9.98 Å². The van der Waals surface area contributed by atoms with Gasteiger partial charge in [-0.15, -0.1) is 35.3 Å². The second-order valence-electron chi connectivity index (χ2n) is 7.00. The van der Waals surface area contributed by atoms with Crippen molar-refractivity contribution < 1.29 is 4.79 Å². The van der Waals surface area contributed by atoms with Crippen LogP contribution in [0.4, 0.5) is 0 Å². The van der Waals surface area contributed by atoms with E-state index in [1.165, 1.54) is 34.8 Å². The predicted octanol–water partition coefficient (Wildman–Crippen LogP) is 2.75. The molecule has 2 N–H and O–H groups in total. The standard InChI is InChI=1S/C19H31N5OS.HI/c1-2-20-19(22-14-18(25)24-12-5-6-13-24)21-11-7-10-17-23-15-8-3-4-9-16(15)26-17;/h2-14H2,1H3,(H2,20,21,22);1H. The molecule has 1 amide bonds. The van der Waals surface area contributed by atoms with E-state index in [0.29, 0.717) is 0 Å². The van der Waals surface area contributed by atoms with E-state index in [1.54, 1.807) is 0 Å². The van der Waals surface area contributed by atoms with Crippen molar-refractivity contribution in [2.24, 2.45) is 4.99 Å². The fourth-order valence-corrected chi connectivity index (χ4v) is 4.71. The second kappa shape index (κ2) is 11.8. The van der Waals surface area contributed by atoms with E-state index in [-0.39, 0.29) is 36.4 Å². The van der Waals surface area contributed by atoms with Crippen molar-refractivity contribution in [1.29, 1.82) is 0 Å². The number of aromatic nitrogens is 1. The van der Waals surface area contributed by atoms with E-state index in [9.17, 15) is 4.79 Å². The number of thiazole rings is 1. The Labute approximate surface area is 183 Å². The third-order valence-electron chi connectivity index (χ3n) is 4.93. The molecule has 0 saturated carbocycles. The molecule has 0 spiro atoms. The molecule has 1 aromatic rings. The van der Waals surface area contributed by atoms with Crippen LogP contribution in [0.5, 0.6) is 0 Å². The summed E-state index contributed by atoms with van der Waals surface area (Å²) in [4.78, 5) is 24.8. The Kier molecular flexibility index (Phi) is 9.81. The molecule has 0 aromatic carbocycles. The quantitative estimate of drug-likeness (QED) is 0.259. The predicted molar refractivity (Wildman–Crippen MR) is 122 cm³/mol. The molecule has 0 unspecified atom stereocenters. The van der Waals surface area contributed by atoms with Crippen LogP contribution in [0.3, 0.4) is 0 Å². The smallest absolute Gasteiger partial charge is 0.244 e. The van der Waals surface area contributed by atoms with Crippen molar-refractivity contribution >= 4 is 47.2 Å². The number of hydrogen-bond acceptors (Lipinski definition) is 4. The minimum atomic E-state index is 0. The fraction of sp³-hybridized carbons (Fsp3) is 0.737. The van der Waals surface area contributed by atoms with Gasteiger partial charge in [0.05, 0.1) is 10.7 Å². The van der Waals surface area contributed by atoms with Gasteiger partial charge < -0.3 is 15.5 Å². The summed E-state index contributed by atoms with van der Waals surface area (Å²) in [6.45, 7) is 5.68. The second-order valence-corrected chi connectivity index (χ2v) is 8.17. The number of carbonyl (C=O) groups excluding carboxylic acids is 1. The highest BCUT2D eigenvalue weighted by atomic mass is 127. The lowest BCUT2D eigenvalue weighted by Crippen LogP contribution is -2.39. The summed E-state index contributed by atoms with van der Waals surface area (Å²) in [7, 11) is 0. The molecule has 1 aliphatic heterocycles. The molecule has 6 nitrogen and oxygen atoms in total. The van der Waals surface area contributed by atoms with Crippen molar-refractivity contribution in [3.63, 3.8) is 0 Å². The van der Waals surface area contributed by atoms with Crippen LogP contribution in [0.25, 0.3) is 0 Å². The maximum Gasteiger partial charge on any atom is 0.244 e. The van der Waals surface area contributed by atoms with Gasteiger partial charge >= 0.3 is 0 Å². The Balaban J connectivity index is 0.00000261. The number of aryl methyl sites for hydroxylation is 3. The Morgan fingerprint density at radius 1 is 1.19 bits per heavy atom. The average molecular weight is 505 g/mol. The largest absolute Gasteiger partial charge is 0.357 e. The van der Waals surface area contributed by atoms with E-state index in [2.05, 4.69) is 15.6 Å². The molecule has 2 heterocycles. The number of hydrogen-bond donors (Lipinski definition) is 2. The molecule has 3 rings (SSSR count). The molecule has 0 bridgehead atoms. The van der Waals surface area contributed by atoms with Crippen molar-refractivity contribution in [1.82, 2.24) is 20.5 Å². The summed E-state index contributed by atoms with van der Waals surface area (Å²) in [5.74, 6) is 0.867. The summed E-state index contributed by atoms with van der Waals surface area (Å²) < 4.78 is 0. The Morgan fingerprint density at radius 3 is 2.70 bits per heavy atom. The minimum absolute atomic E-state index is 0. The van der Waals surface area contributed by atoms with Crippen molar-refractivity contribution in [2.45, 2.75) is 58.3 Å². The number of fused-ring (bicyclic) bond motifs is 1. The molecular weight excluding hydrogens is 473 g/mol. The molecule has 1 fully saturated rings. The minimum Gasteiger partial charge on any atom is -0.357 e. The summed E-state index contributed by atoms with van der Waals surface area (Å²) in [5, 5.41) is 7.83. The number of carbonyl (C=O) groups is 1. The first-order valence-electron chi connectivity index (χ1n) is 10.0. The SMILES string of the molecule is CCNC(=NCC(=O)N1CCCC1)NCCCc1nc2c(s1)CCCC2.I. The van der Waals surface area contributed by atoms with Crippen LogP contribution in [0.15, 0.2) is 4.99 Å². The number of rotatable bonds is 7. The van der Waals surface area contributed by atoms with E-state index in [1.807, 2.05) is 23.2 Å². The number of likely N-dealkylation sites (tertiary alicyclic amines) is 1. The lowest BCUT2D eigenvalue weighted by molar-refractivity contribution is -0.128. The van der Waals surface area contributed by atoms with Crippen LogP contribution >= 0.6 is 35.3 Å². The molecule has 1 aromatic heterocycles. The molecule has 8 heteroatoms. The first-order valence-corrected chi connectivity index (χ1v) is 10.9. The summed E-state index contributed by atoms with van der Waals surface area (Å²) >= 11 is 1.90. The lowest BCUT2D eigenvalue weighted by Gasteiger charge is -2.15. The van der Waals surface area contributed by atoms with Gasteiger partial charge in [-0.2, -0.15) is 0 Å². The van der Waals surface area contributed by atoms with Gasteiger partial charge in [-0.3, -0.25) is 4.79 Å². The van der Waals surface area contributed by atoms with Crippen LogP contribution in [-0.2, 0) is 24.1 Å². The first-order chi connectivity index (χ1) is 12.8. The van der Waals surface area contributed by atoms with E-state index in [4.69, 9.17) is 4.98 Å². The van der Waals surface area contributed by atoms with Gasteiger partial charge in [-0.05, 0) is 51.9 Å². The molecule has 0 radical (unpaired) electrons. The molecular formula is C19H32IN5OS. The highest BCUT2D eigenvalue weighted by molar-refractivity contribution is 14.0. The third kappa shape index (κ3) is 6.89. The zero-order valence-electron chi connectivity index (χ0n) is 16.3. The topological polar surface area (TPSA) is 69.6 Å². The number of guanidine groups is 1. The van der Waals surface area contributed by atoms with Gasteiger partial charge in [-0.1, -0.05) is 0 Å². The number of halogens is 1. The molecule has 0 atom stereocenters. The Morgan fingerprint density at radius 2 is 1.96 bits per heavy atom. The van der Waals surface area contributed by atoms with E-state index >= 15 is 0 Å². The van der Waals surface area contributed by atoms with Crippen molar-refractivity contribution in [2.75, 3.05) is 32.7 Å². The Bertz CT molecular complexity index is 604. The maximum absolute atomic E-state index is 12.1. The van der Waals surface area contributed by atoms with Crippen LogP contribution in [-0.4, -0.2) is 54.5 Å². The summed E-state index contributed by atoms with van der Waals surface area (Å²) in [6.07, 6.45) is 9.25. The van der Waals surface area contributed by atoms with Crippen molar-refractivity contribution in [3.8, 4) is 0 Å². The molecule has 1 aliphatic carbocycles. The molecule has 27 heavy (non-hydrogen) atoms. The molecule has 152 valence electrons. The van der Waals surface area contributed by atoms with Gasteiger partial charge in [0.25, 0.3) is 0 Å².